The van der Waals surface area contributed by atoms with Crippen LogP contribution in [0, 0.1) is 11.3 Å². The minimum atomic E-state index is -1.23. The molecule has 0 bridgehead atoms. The molecule has 0 radical (unpaired) electrons. The molecule has 0 fully saturated rings. The highest BCUT2D eigenvalue weighted by molar-refractivity contribution is 5.96. The minimum absolute atomic E-state index is 0.214. The number of aliphatic carboxylic acids is 1. The van der Waals surface area contributed by atoms with Crippen molar-refractivity contribution in [2.75, 3.05) is 4.90 Å². The van der Waals surface area contributed by atoms with E-state index in [0.717, 1.165) is 22.4 Å². The molecule has 1 heterocycles. The first-order valence-electron chi connectivity index (χ1n) is 13.8. The summed E-state index contributed by atoms with van der Waals surface area (Å²) >= 11 is 0. The number of carbonyl (C=O) groups is 1. The van der Waals surface area contributed by atoms with Crippen molar-refractivity contribution in [2.24, 2.45) is 0 Å². The van der Waals surface area contributed by atoms with Crippen LogP contribution >= 0.6 is 0 Å². The molecule has 4 aromatic carbocycles. The predicted octanol–water partition coefficient (Wildman–Crippen LogP) is 8.89. The van der Waals surface area contributed by atoms with Crippen molar-refractivity contribution in [3.05, 3.63) is 155 Å². The minimum Gasteiger partial charge on any atom is -0.477 e. The van der Waals surface area contributed by atoms with Gasteiger partial charge in [0.15, 0.2) is 0 Å². The zero-order chi connectivity index (χ0) is 29.1. The number of carboxylic acid groups (broad SMARTS) is 1. The second-order valence-corrected chi connectivity index (χ2v) is 10.3. The summed E-state index contributed by atoms with van der Waals surface area (Å²) in [5.74, 6) is -0.965. The Hall–Kier alpha value is -5.66. The van der Waals surface area contributed by atoms with Crippen LogP contribution in [0.5, 0.6) is 0 Å². The Morgan fingerprint density at radius 3 is 2.05 bits per heavy atom. The molecule has 4 nitrogen and oxygen atoms in total. The Labute approximate surface area is 245 Å². The number of hydrogen-bond acceptors (Lipinski definition) is 3. The van der Waals surface area contributed by atoms with E-state index in [0.29, 0.717) is 5.56 Å². The van der Waals surface area contributed by atoms with Gasteiger partial charge in [-0.2, -0.15) is 5.26 Å². The van der Waals surface area contributed by atoms with Crippen molar-refractivity contribution in [1.29, 1.82) is 5.26 Å². The number of hydrogen-bond donors (Lipinski definition) is 1. The molecule has 0 amide bonds. The average Bonchev–Trinajstić information content (AvgIpc) is 3.37. The van der Waals surface area contributed by atoms with E-state index in [1.165, 1.54) is 28.5 Å². The van der Waals surface area contributed by atoms with Gasteiger partial charge < -0.3 is 10.0 Å². The monoisotopic (exact) mass is 544 g/mol. The normalized spacial score (nSPS) is 17.1. The summed E-state index contributed by atoms with van der Waals surface area (Å²) in [4.78, 5) is 13.5. The molecule has 4 heteroatoms. The number of carboxylic acids is 1. The van der Waals surface area contributed by atoms with Crippen LogP contribution < -0.4 is 4.90 Å². The summed E-state index contributed by atoms with van der Waals surface area (Å²) < 4.78 is 0. The van der Waals surface area contributed by atoms with Crippen molar-refractivity contribution in [1.82, 2.24) is 0 Å². The SMILES string of the molecule is C=Cc1ccc(-c2ccc(N3c4ccc(/C=C/c5ccc(/C=C(/C#N)C(=O)O)cc5)cc4C4C=CC=CC43)cc2)cc1. The molecular formula is C38H28N2O2. The van der Waals surface area contributed by atoms with E-state index >= 15 is 0 Å². The molecular weight excluding hydrogens is 516 g/mol. The number of anilines is 2. The fraction of sp³-hybridized carbons (Fsp3) is 0.0526. The van der Waals surface area contributed by atoms with E-state index in [2.05, 4.69) is 109 Å². The summed E-state index contributed by atoms with van der Waals surface area (Å²) in [7, 11) is 0. The Morgan fingerprint density at radius 2 is 1.38 bits per heavy atom. The van der Waals surface area contributed by atoms with Crippen LogP contribution in [-0.2, 0) is 4.79 Å². The summed E-state index contributed by atoms with van der Waals surface area (Å²) in [5.41, 5.74) is 9.63. The number of allylic oxidation sites excluding steroid dienone is 2. The lowest BCUT2D eigenvalue weighted by Crippen LogP contribution is -2.28. The molecule has 2 aliphatic rings. The smallest absolute Gasteiger partial charge is 0.346 e. The third-order valence-electron chi connectivity index (χ3n) is 7.77. The van der Waals surface area contributed by atoms with E-state index in [1.807, 2.05) is 36.4 Å². The Bertz CT molecular complexity index is 1820. The van der Waals surface area contributed by atoms with Gasteiger partial charge in [-0.1, -0.05) is 116 Å². The van der Waals surface area contributed by atoms with Crippen LogP contribution in [0.25, 0.3) is 35.4 Å². The van der Waals surface area contributed by atoms with Gasteiger partial charge in [-0.3, -0.25) is 0 Å². The van der Waals surface area contributed by atoms with Crippen LogP contribution in [-0.4, -0.2) is 17.1 Å². The summed E-state index contributed by atoms with van der Waals surface area (Å²) in [6, 6.07) is 33.2. The van der Waals surface area contributed by atoms with Gasteiger partial charge >= 0.3 is 5.97 Å². The zero-order valence-corrected chi connectivity index (χ0v) is 22.9. The number of fused-ring (bicyclic) bond motifs is 3. The first-order chi connectivity index (χ1) is 20.5. The number of nitriles is 1. The fourth-order valence-electron chi connectivity index (χ4n) is 5.59. The molecule has 2 unspecified atom stereocenters. The van der Waals surface area contributed by atoms with Crippen LogP contribution in [0.2, 0.25) is 0 Å². The number of benzene rings is 4. The molecule has 2 atom stereocenters. The third kappa shape index (κ3) is 5.24. The van der Waals surface area contributed by atoms with E-state index in [-0.39, 0.29) is 17.5 Å². The standard InChI is InChI=1S/C38H28N2O2/c1-2-26-13-16-30(17-14-26)31-18-20-33(21-19-31)40-36-6-4-3-5-34(36)35-24-29(15-22-37(35)40)12-9-27-7-10-28(11-8-27)23-32(25-39)38(41)42/h2-24,34,36H,1H2,(H,41,42)/b12-9+,32-23-. The quantitative estimate of drug-likeness (QED) is 0.143. The van der Waals surface area contributed by atoms with Crippen LogP contribution in [0.15, 0.2) is 127 Å². The molecule has 0 spiro atoms. The molecule has 0 saturated carbocycles. The molecule has 1 N–H and O–H groups in total. The molecule has 4 aromatic rings. The van der Waals surface area contributed by atoms with E-state index < -0.39 is 5.97 Å². The van der Waals surface area contributed by atoms with Crippen molar-refractivity contribution >= 4 is 41.6 Å². The van der Waals surface area contributed by atoms with Crippen molar-refractivity contribution < 1.29 is 9.90 Å². The van der Waals surface area contributed by atoms with E-state index in [1.54, 1.807) is 6.07 Å². The van der Waals surface area contributed by atoms with Crippen molar-refractivity contribution in [3.63, 3.8) is 0 Å². The summed E-state index contributed by atoms with van der Waals surface area (Å²) in [5, 5.41) is 18.1. The zero-order valence-electron chi connectivity index (χ0n) is 22.9. The Balaban J connectivity index is 1.25. The van der Waals surface area contributed by atoms with Crippen LogP contribution in [0.1, 0.15) is 33.7 Å². The molecule has 6 rings (SSSR count). The summed E-state index contributed by atoms with van der Waals surface area (Å²) in [6.07, 6.45) is 16.2. The molecule has 0 aromatic heterocycles. The third-order valence-corrected chi connectivity index (χ3v) is 7.77. The van der Waals surface area contributed by atoms with Gasteiger partial charge in [0.1, 0.15) is 11.6 Å². The number of rotatable bonds is 7. The first kappa shape index (κ1) is 26.6. The average molecular weight is 545 g/mol. The van der Waals surface area contributed by atoms with Crippen LogP contribution in [0.4, 0.5) is 11.4 Å². The van der Waals surface area contributed by atoms with Gasteiger partial charge in [-0.25, -0.2) is 4.79 Å². The fourth-order valence-corrected chi connectivity index (χ4v) is 5.59. The molecule has 0 saturated heterocycles. The molecule has 42 heavy (non-hydrogen) atoms. The van der Waals surface area contributed by atoms with E-state index in [9.17, 15) is 4.79 Å². The van der Waals surface area contributed by atoms with Crippen molar-refractivity contribution in [2.45, 2.75) is 12.0 Å². The lowest BCUT2D eigenvalue weighted by Gasteiger charge is -2.28. The van der Waals surface area contributed by atoms with Gasteiger partial charge in [0.05, 0.1) is 6.04 Å². The Kier molecular flexibility index (Phi) is 7.24. The maximum absolute atomic E-state index is 11.1. The van der Waals surface area contributed by atoms with E-state index in [4.69, 9.17) is 10.4 Å². The maximum Gasteiger partial charge on any atom is 0.346 e. The Morgan fingerprint density at radius 1 is 0.786 bits per heavy atom. The summed E-state index contributed by atoms with van der Waals surface area (Å²) in [6.45, 7) is 3.84. The first-order valence-corrected chi connectivity index (χ1v) is 13.8. The second kappa shape index (κ2) is 11.4. The number of nitrogens with zero attached hydrogens (tertiary/aromatic N) is 2. The molecule has 1 aliphatic heterocycles. The highest BCUT2D eigenvalue weighted by atomic mass is 16.4. The highest BCUT2D eigenvalue weighted by Crippen LogP contribution is 2.48. The lowest BCUT2D eigenvalue weighted by atomic mass is 9.90. The van der Waals surface area contributed by atoms with Gasteiger partial charge in [-0.15, -0.1) is 0 Å². The predicted molar refractivity (Wildman–Crippen MR) is 172 cm³/mol. The largest absolute Gasteiger partial charge is 0.477 e. The molecule has 1 aliphatic carbocycles. The maximum atomic E-state index is 11.1. The van der Waals surface area contributed by atoms with Gasteiger partial charge in [0.2, 0.25) is 0 Å². The van der Waals surface area contributed by atoms with Gasteiger partial charge in [0.25, 0.3) is 0 Å². The van der Waals surface area contributed by atoms with Gasteiger partial charge in [0, 0.05) is 17.3 Å². The van der Waals surface area contributed by atoms with Crippen LogP contribution in [0.3, 0.4) is 0 Å². The molecule has 202 valence electrons. The topological polar surface area (TPSA) is 64.3 Å². The van der Waals surface area contributed by atoms with Crippen molar-refractivity contribution in [3.8, 4) is 17.2 Å². The second-order valence-electron chi connectivity index (χ2n) is 10.3. The van der Waals surface area contributed by atoms with Gasteiger partial charge in [-0.05, 0) is 69.3 Å². The highest BCUT2D eigenvalue weighted by Gasteiger charge is 2.37. The lowest BCUT2D eigenvalue weighted by molar-refractivity contribution is -0.132.